The van der Waals surface area contributed by atoms with Crippen molar-refractivity contribution in [2.24, 2.45) is 4.99 Å². The largest absolute Gasteiger partial charge is 0.497 e. The van der Waals surface area contributed by atoms with E-state index in [-0.39, 0.29) is 5.91 Å². The number of ether oxygens (including phenoxy) is 1. The maximum absolute atomic E-state index is 12.2. The smallest absolute Gasteiger partial charge is 0.274 e. The Kier molecular flexibility index (Phi) is 4.49. The summed E-state index contributed by atoms with van der Waals surface area (Å²) in [4.78, 5) is 25.3. The van der Waals surface area contributed by atoms with Crippen LogP contribution in [0.15, 0.2) is 65.4 Å². The van der Waals surface area contributed by atoms with Crippen LogP contribution < -0.4 is 15.4 Å². The molecule has 3 aromatic rings. The van der Waals surface area contributed by atoms with Crippen LogP contribution in [0.4, 0.5) is 0 Å². The molecule has 0 atom stereocenters. The van der Waals surface area contributed by atoms with E-state index in [9.17, 15) is 4.79 Å². The highest BCUT2D eigenvalue weighted by molar-refractivity contribution is 6.15. The predicted octanol–water partition coefficient (Wildman–Crippen LogP) is 2.25. The van der Waals surface area contributed by atoms with Crippen LogP contribution in [0.5, 0.6) is 5.75 Å². The molecular formula is C20H17N5O2. The van der Waals surface area contributed by atoms with E-state index in [0.29, 0.717) is 23.9 Å². The highest BCUT2D eigenvalue weighted by atomic mass is 16.5. The fraction of sp³-hybridized carbons (Fsp3) is 0.100. The van der Waals surface area contributed by atoms with Crippen LogP contribution in [-0.4, -0.2) is 28.9 Å². The van der Waals surface area contributed by atoms with Gasteiger partial charge in [-0.3, -0.25) is 15.1 Å². The number of carbonyl (C=O) groups excluding carboxylic acids is 1. The fourth-order valence-electron chi connectivity index (χ4n) is 2.67. The van der Waals surface area contributed by atoms with Gasteiger partial charge in [0.05, 0.1) is 30.4 Å². The van der Waals surface area contributed by atoms with Gasteiger partial charge < -0.3 is 10.1 Å². The molecule has 3 heterocycles. The van der Waals surface area contributed by atoms with Crippen molar-refractivity contribution in [2.75, 3.05) is 7.11 Å². The lowest BCUT2D eigenvalue weighted by Crippen LogP contribution is -2.25. The van der Waals surface area contributed by atoms with Gasteiger partial charge in [0.25, 0.3) is 5.91 Å². The molecular weight excluding hydrogens is 342 g/mol. The van der Waals surface area contributed by atoms with Crippen LogP contribution in [0.1, 0.15) is 11.3 Å². The summed E-state index contributed by atoms with van der Waals surface area (Å²) in [6.45, 7) is 0.444. The van der Waals surface area contributed by atoms with E-state index in [1.54, 1.807) is 19.4 Å². The van der Waals surface area contributed by atoms with Crippen molar-refractivity contribution in [1.29, 1.82) is 0 Å². The number of carbonyl (C=O) groups is 1. The minimum Gasteiger partial charge on any atom is -0.497 e. The van der Waals surface area contributed by atoms with E-state index in [1.165, 1.54) is 0 Å². The summed E-state index contributed by atoms with van der Waals surface area (Å²) < 4.78 is 5.14. The summed E-state index contributed by atoms with van der Waals surface area (Å²) in [5, 5.41) is 5.72. The monoisotopic (exact) mass is 359 g/mol. The Balaban J connectivity index is 1.49. The second-order valence-corrected chi connectivity index (χ2v) is 5.93. The summed E-state index contributed by atoms with van der Waals surface area (Å²) in [5.41, 5.74) is 3.67. The Labute approximate surface area is 155 Å². The van der Waals surface area contributed by atoms with E-state index in [4.69, 9.17) is 4.74 Å². The number of nitrogens with zero attached hydrogens (tertiary/aromatic N) is 3. The molecule has 1 aliphatic heterocycles. The Morgan fingerprint density at radius 3 is 2.74 bits per heavy atom. The van der Waals surface area contributed by atoms with Gasteiger partial charge in [-0.05, 0) is 48.0 Å². The maximum atomic E-state index is 12.2. The number of rotatable bonds is 4. The molecule has 0 radical (unpaired) electrons. The second-order valence-electron chi connectivity index (χ2n) is 5.93. The van der Waals surface area contributed by atoms with E-state index >= 15 is 0 Å². The van der Waals surface area contributed by atoms with Crippen LogP contribution in [0.2, 0.25) is 0 Å². The van der Waals surface area contributed by atoms with Crippen molar-refractivity contribution in [3.63, 3.8) is 0 Å². The van der Waals surface area contributed by atoms with Crippen LogP contribution in [-0.2, 0) is 11.3 Å². The van der Waals surface area contributed by atoms with Crippen molar-refractivity contribution < 1.29 is 9.53 Å². The number of hydrogen-bond donors (Lipinski definition) is 2. The lowest BCUT2D eigenvalue weighted by atomic mass is 10.2. The molecule has 1 fully saturated rings. The Bertz CT molecular complexity index is 1060. The van der Waals surface area contributed by atoms with E-state index in [1.807, 2.05) is 48.5 Å². The zero-order valence-corrected chi connectivity index (χ0v) is 14.6. The van der Waals surface area contributed by atoms with Gasteiger partial charge in [-0.1, -0.05) is 12.1 Å². The molecule has 0 saturated carbocycles. The number of benzene rings is 1. The molecule has 2 aromatic heterocycles. The fourth-order valence-corrected chi connectivity index (χ4v) is 2.67. The van der Waals surface area contributed by atoms with Gasteiger partial charge in [0.1, 0.15) is 11.4 Å². The average Bonchev–Trinajstić information content (AvgIpc) is 3.06. The first-order valence-electron chi connectivity index (χ1n) is 8.40. The number of amides is 1. The van der Waals surface area contributed by atoms with Crippen molar-refractivity contribution >= 4 is 29.0 Å². The van der Waals surface area contributed by atoms with Crippen LogP contribution in [0.3, 0.4) is 0 Å². The first-order valence-corrected chi connectivity index (χ1v) is 8.40. The molecule has 1 aromatic carbocycles. The van der Waals surface area contributed by atoms with Crippen LogP contribution in [0.25, 0.3) is 17.1 Å². The topological polar surface area (TPSA) is 88.5 Å². The van der Waals surface area contributed by atoms with Gasteiger partial charge in [-0.2, -0.15) is 0 Å². The number of hydrogen-bond acceptors (Lipinski definition) is 5. The van der Waals surface area contributed by atoms with Crippen molar-refractivity contribution in [3.8, 4) is 5.75 Å². The predicted molar refractivity (Wildman–Crippen MR) is 103 cm³/mol. The minimum atomic E-state index is -0.239. The molecule has 0 aliphatic carbocycles. The summed E-state index contributed by atoms with van der Waals surface area (Å²) >= 11 is 0. The number of nitrogens with one attached hydrogen (secondary N) is 2. The number of guanidine groups is 1. The lowest BCUT2D eigenvalue weighted by Gasteiger charge is -2.02. The van der Waals surface area contributed by atoms with Crippen molar-refractivity contribution in [1.82, 2.24) is 20.6 Å². The van der Waals surface area contributed by atoms with Gasteiger partial charge in [0.2, 0.25) is 5.96 Å². The van der Waals surface area contributed by atoms with Gasteiger partial charge in [0.15, 0.2) is 0 Å². The molecule has 2 N–H and O–H groups in total. The van der Waals surface area contributed by atoms with Crippen molar-refractivity contribution in [2.45, 2.75) is 6.54 Å². The number of pyridine rings is 2. The molecule has 7 heteroatoms. The van der Waals surface area contributed by atoms with Crippen molar-refractivity contribution in [3.05, 3.63) is 71.7 Å². The number of methoxy groups -OCH3 is 1. The third kappa shape index (κ3) is 3.77. The van der Waals surface area contributed by atoms with E-state index < -0.39 is 0 Å². The molecule has 1 amide bonds. The first-order chi connectivity index (χ1) is 13.2. The molecule has 4 rings (SSSR count). The standard InChI is InChI=1S/C20H17N5O2/c1-27-15-7-4-13(5-8-15)12-22-20-24-18(19(26)25-20)11-14-6-9-16-17(23-14)3-2-10-21-16/h2-11H,12H2,1H3,(H2,22,24,25,26)/b18-11+. The summed E-state index contributed by atoms with van der Waals surface area (Å²) in [5.74, 6) is 0.975. The zero-order valence-electron chi connectivity index (χ0n) is 14.6. The third-order valence-electron chi connectivity index (χ3n) is 4.08. The van der Waals surface area contributed by atoms with Gasteiger partial charge in [-0.25, -0.2) is 9.98 Å². The Morgan fingerprint density at radius 2 is 1.93 bits per heavy atom. The van der Waals surface area contributed by atoms with Gasteiger partial charge in [-0.15, -0.1) is 0 Å². The molecule has 0 unspecified atom stereocenters. The second kappa shape index (κ2) is 7.25. The Hall–Kier alpha value is -3.74. The average molecular weight is 359 g/mol. The molecule has 27 heavy (non-hydrogen) atoms. The first kappa shape index (κ1) is 16.7. The quantitative estimate of drug-likeness (QED) is 0.698. The molecule has 134 valence electrons. The lowest BCUT2D eigenvalue weighted by molar-refractivity contribution is -0.115. The van der Waals surface area contributed by atoms with E-state index in [2.05, 4.69) is 25.6 Å². The molecule has 1 aliphatic rings. The molecule has 0 bridgehead atoms. The van der Waals surface area contributed by atoms with Gasteiger partial charge in [0, 0.05) is 6.20 Å². The maximum Gasteiger partial charge on any atom is 0.274 e. The SMILES string of the molecule is COc1ccc(CN=C2NC(=O)/C(=C\c3ccc4ncccc4n3)N2)cc1. The number of aliphatic imine (C=N–C) groups is 1. The zero-order chi connectivity index (χ0) is 18.6. The van der Waals surface area contributed by atoms with Crippen LogP contribution in [0, 0.1) is 0 Å². The molecule has 0 spiro atoms. The Morgan fingerprint density at radius 1 is 1.07 bits per heavy atom. The van der Waals surface area contributed by atoms with Gasteiger partial charge >= 0.3 is 0 Å². The third-order valence-corrected chi connectivity index (χ3v) is 4.08. The molecule has 1 saturated heterocycles. The molecule has 7 nitrogen and oxygen atoms in total. The normalized spacial score (nSPS) is 16.6. The summed E-state index contributed by atoms with van der Waals surface area (Å²) in [6, 6.07) is 15.0. The minimum absolute atomic E-state index is 0.239. The van der Waals surface area contributed by atoms with E-state index in [0.717, 1.165) is 22.3 Å². The van der Waals surface area contributed by atoms with Crippen LogP contribution >= 0.6 is 0 Å². The highest BCUT2D eigenvalue weighted by Gasteiger charge is 2.21. The summed E-state index contributed by atoms with van der Waals surface area (Å²) in [6.07, 6.45) is 3.41. The highest BCUT2D eigenvalue weighted by Crippen LogP contribution is 2.14. The summed E-state index contributed by atoms with van der Waals surface area (Å²) in [7, 11) is 1.63. The number of aromatic nitrogens is 2. The number of fused-ring (bicyclic) bond motifs is 1.